The number of nitrogens with zero attached hydrogens (tertiary/aromatic N) is 1. The Morgan fingerprint density at radius 1 is 1.60 bits per heavy atom. The zero-order chi connectivity index (χ0) is 11.4. The highest BCUT2D eigenvalue weighted by atomic mass is 19.1. The average Bonchev–Trinajstić information content (AvgIpc) is 2.20. The Morgan fingerprint density at radius 3 is 2.80 bits per heavy atom. The minimum atomic E-state index is -0.748. The average molecular weight is 213 g/mol. The first-order chi connectivity index (χ1) is 7.04. The van der Waals surface area contributed by atoms with Crippen LogP contribution in [0, 0.1) is 15.9 Å². The molecule has 0 aliphatic carbocycles. The summed E-state index contributed by atoms with van der Waals surface area (Å²) in [4.78, 5) is 20.5. The lowest BCUT2D eigenvalue weighted by Crippen LogP contribution is -2.22. The molecule has 0 aliphatic heterocycles. The van der Waals surface area contributed by atoms with E-state index in [1.54, 1.807) is 0 Å². The first kappa shape index (κ1) is 11.1. The smallest absolute Gasteiger partial charge is 0.271 e. The van der Waals surface area contributed by atoms with Crippen molar-refractivity contribution in [2.24, 2.45) is 5.73 Å². The molecule has 1 rings (SSSR count). The molecule has 0 bridgehead atoms. The summed E-state index contributed by atoms with van der Waals surface area (Å²) in [7, 11) is 0. The highest BCUT2D eigenvalue weighted by Gasteiger charge is 2.12. The molecule has 0 saturated heterocycles. The van der Waals surface area contributed by atoms with Gasteiger partial charge in [0, 0.05) is 12.1 Å². The van der Waals surface area contributed by atoms with Crippen LogP contribution >= 0.6 is 0 Å². The van der Waals surface area contributed by atoms with Crippen LogP contribution in [-0.4, -0.2) is 17.4 Å². The van der Waals surface area contributed by atoms with E-state index in [1.165, 1.54) is 0 Å². The van der Waals surface area contributed by atoms with E-state index in [-0.39, 0.29) is 17.9 Å². The molecule has 0 aromatic heterocycles. The molecule has 0 fully saturated rings. The number of hydrogen-bond donors (Lipinski definition) is 2. The van der Waals surface area contributed by atoms with Crippen molar-refractivity contribution < 1.29 is 14.1 Å². The molecule has 0 unspecified atom stereocenters. The second-order valence-electron chi connectivity index (χ2n) is 2.67. The van der Waals surface area contributed by atoms with Crippen LogP contribution in [0.1, 0.15) is 0 Å². The Morgan fingerprint density at radius 2 is 2.27 bits per heavy atom. The van der Waals surface area contributed by atoms with Crippen molar-refractivity contribution in [1.82, 2.24) is 0 Å². The van der Waals surface area contributed by atoms with E-state index in [0.717, 1.165) is 18.2 Å². The number of non-ortho nitro benzene ring substituents is 1. The number of carbonyl (C=O) groups is 1. The van der Waals surface area contributed by atoms with E-state index in [0.29, 0.717) is 0 Å². The number of benzene rings is 1. The summed E-state index contributed by atoms with van der Waals surface area (Å²) in [5, 5.41) is 12.5. The number of amides is 1. The molecule has 0 heterocycles. The lowest BCUT2D eigenvalue weighted by molar-refractivity contribution is -0.384. The highest BCUT2D eigenvalue weighted by Crippen LogP contribution is 2.20. The Bertz CT molecular complexity index is 408. The van der Waals surface area contributed by atoms with Crippen LogP contribution in [0.15, 0.2) is 18.2 Å². The van der Waals surface area contributed by atoms with Crippen molar-refractivity contribution in [3.05, 3.63) is 34.1 Å². The first-order valence-electron chi connectivity index (χ1n) is 3.98. The van der Waals surface area contributed by atoms with Gasteiger partial charge in [0.2, 0.25) is 5.91 Å². The number of nitrogens with two attached hydrogens (primary N) is 1. The monoisotopic (exact) mass is 213 g/mol. The van der Waals surface area contributed by atoms with Crippen molar-refractivity contribution in [2.75, 3.05) is 11.9 Å². The van der Waals surface area contributed by atoms with Crippen LogP contribution in [0.4, 0.5) is 15.8 Å². The zero-order valence-corrected chi connectivity index (χ0v) is 7.57. The predicted octanol–water partition coefficient (Wildman–Crippen LogP) is 0.631. The fourth-order valence-corrected chi connectivity index (χ4v) is 0.924. The number of nitro benzene ring substituents is 1. The van der Waals surface area contributed by atoms with Gasteiger partial charge in [0.15, 0.2) is 0 Å². The number of rotatable bonds is 3. The van der Waals surface area contributed by atoms with Gasteiger partial charge in [-0.15, -0.1) is 0 Å². The first-order valence-corrected chi connectivity index (χ1v) is 3.98. The molecular formula is C8H8FN3O3. The summed E-state index contributed by atoms with van der Waals surface area (Å²) in [6.07, 6.45) is 0. The Labute approximate surface area is 84.0 Å². The quantitative estimate of drug-likeness (QED) is 0.568. The van der Waals surface area contributed by atoms with E-state index in [4.69, 9.17) is 5.73 Å². The Balaban J connectivity index is 3.00. The normalized spacial score (nSPS) is 9.73. The maximum Gasteiger partial charge on any atom is 0.271 e. The number of nitrogens with one attached hydrogen (secondary N) is 1. The van der Waals surface area contributed by atoms with E-state index in [2.05, 4.69) is 5.32 Å². The van der Waals surface area contributed by atoms with Gasteiger partial charge >= 0.3 is 0 Å². The predicted molar refractivity (Wildman–Crippen MR) is 50.7 cm³/mol. The molecule has 1 amide bonds. The molecule has 3 N–H and O–H groups in total. The van der Waals surface area contributed by atoms with Crippen molar-refractivity contribution in [3.8, 4) is 0 Å². The topological polar surface area (TPSA) is 98.3 Å². The van der Waals surface area contributed by atoms with Gasteiger partial charge in [0.05, 0.1) is 17.2 Å². The highest BCUT2D eigenvalue weighted by molar-refractivity contribution is 5.92. The minimum absolute atomic E-state index is 0.250. The summed E-state index contributed by atoms with van der Waals surface area (Å²) in [5.74, 6) is -1.36. The zero-order valence-electron chi connectivity index (χ0n) is 7.57. The maximum absolute atomic E-state index is 13.1. The SMILES string of the molecule is NCC(=O)Nc1cc([N+](=O)[O-])ccc1F. The van der Waals surface area contributed by atoms with Gasteiger partial charge in [0.25, 0.3) is 5.69 Å². The number of carbonyl (C=O) groups excluding carboxylic acids is 1. The van der Waals surface area contributed by atoms with Crippen LogP contribution < -0.4 is 11.1 Å². The molecule has 6 nitrogen and oxygen atoms in total. The maximum atomic E-state index is 13.1. The van der Waals surface area contributed by atoms with Crippen LogP contribution in [0.2, 0.25) is 0 Å². The third-order valence-electron chi connectivity index (χ3n) is 1.62. The molecule has 0 saturated carbocycles. The van der Waals surface area contributed by atoms with Crippen molar-refractivity contribution in [2.45, 2.75) is 0 Å². The molecule has 0 radical (unpaired) electrons. The molecule has 1 aromatic rings. The Kier molecular flexibility index (Phi) is 3.29. The molecule has 0 aliphatic rings. The largest absolute Gasteiger partial charge is 0.322 e. The number of hydrogen-bond acceptors (Lipinski definition) is 4. The van der Waals surface area contributed by atoms with Gasteiger partial charge in [-0.1, -0.05) is 0 Å². The van der Waals surface area contributed by atoms with Crippen LogP contribution in [0.25, 0.3) is 0 Å². The molecule has 0 spiro atoms. The number of nitro groups is 1. The summed E-state index contributed by atoms with van der Waals surface area (Å²) in [6.45, 7) is -0.317. The van der Waals surface area contributed by atoms with Crippen molar-refractivity contribution >= 4 is 17.3 Å². The standard InChI is InChI=1S/C8H8FN3O3/c9-6-2-1-5(12(14)15)3-7(6)11-8(13)4-10/h1-3H,4,10H2,(H,11,13). The molecule has 1 aromatic carbocycles. The van der Waals surface area contributed by atoms with Crippen LogP contribution in [-0.2, 0) is 4.79 Å². The van der Waals surface area contributed by atoms with E-state index in [9.17, 15) is 19.3 Å². The van der Waals surface area contributed by atoms with Gasteiger partial charge in [-0.25, -0.2) is 4.39 Å². The third kappa shape index (κ3) is 2.71. The number of halogens is 1. The molecule has 80 valence electrons. The lowest BCUT2D eigenvalue weighted by atomic mass is 10.2. The summed E-state index contributed by atoms with van der Waals surface area (Å²) >= 11 is 0. The Hall–Kier alpha value is -2.02. The van der Waals surface area contributed by atoms with Crippen LogP contribution in [0.5, 0.6) is 0 Å². The second kappa shape index (κ2) is 4.47. The molecular weight excluding hydrogens is 205 g/mol. The molecule has 15 heavy (non-hydrogen) atoms. The fourth-order valence-electron chi connectivity index (χ4n) is 0.924. The summed E-state index contributed by atoms with van der Waals surface area (Å²) in [6, 6.07) is 2.85. The van der Waals surface area contributed by atoms with Gasteiger partial charge in [-0.3, -0.25) is 14.9 Å². The van der Waals surface area contributed by atoms with E-state index < -0.39 is 16.6 Å². The summed E-state index contributed by atoms with van der Waals surface area (Å²) < 4.78 is 13.1. The van der Waals surface area contributed by atoms with Crippen LogP contribution in [0.3, 0.4) is 0 Å². The summed E-state index contributed by atoms with van der Waals surface area (Å²) in [5.41, 5.74) is 4.45. The molecule has 0 atom stereocenters. The van der Waals surface area contributed by atoms with Gasteiger partial charge in [-0.2, -0.15) is 0 Å². The fraction of sp³-hybridized carbons (Fsp3) is 0.125. The van der Waals surface area contributed by atoms with Crippen molar-refractivity contribution in [3.63, 3.8) is 0 Å². The minimum Gasteiger partial charge on any atom is -0.322 e. The third-order valence-corrected chi connectivity index (χ3v) is 1.62. The van der Waals surface area contributed by atoms with Gasteiger partial charge in [-0.05, 0) is 6.07 Å². The lowest BCUT2D eigenvalue weighted by Gasteiger charge is -2.04. The van der Waals surface area contributed by atoms with E-state index >= 15 is 0 Å². The van der Waals surface area contributed by atoms with E-state index in [1.807, 2.05) is 0 Å². The molecule has 7 heteroatoms. The van der Waals surface area contributed by atoms with Crippen molar-refractivity contribution in [1.29, 1.82) is 0 Å². The van der Waals surface area contributed by atoms with Gasteiger partial charge < -0.3 is 11.1 Å². The number of anilines is 1. The second-order valence-corrected chi connectivity index (χ2v) is 2.67. The van der Waals surface area contributed by atoms with Gasteiger partial charge in [0.1, 0.15) is 5.82 Å².